The van der Waals surface area contributed by atoms with Gasteiger partial charge in [0.1, 0.15) is 0 Å². The molecular weight excluding hydrogens is 212 g/mol. The van der Waals surface area contributed by atoms with Crippen molar-refractivity contribution >= 4 is 21.8 Å². The molecule has 0 amide bonds. The summed E-state index contributed by atoms with van der Waals surface area (Å²) in [6.07, 6.45) is 2.73. The van der Waals surface area contributed by atoms with Crippen molar-refractivity contribution in [2.45, 2.75) is 19.3 Å². The third kappa shape index (κ3) is 6.26. The van der Waals surface area contributed by atoms with Crippen molar-refractivity contribution in [3.05, 3.63) is 0 Å². The summed E-state index contributed by atoms with van der Waals surface area (Å²) in [5.41, 5.74) is 0. The first-order chi connectivity index (χ1) is 6.00. The lowest BCUT2D eigenvalue weighted by Crippen LogP contribution is -2.36. The SMILES string of the molecule is CN(C)S(=O)(=O)NCCCCCCl. The zero-order valence-electron chi connectivity index (χ0n) is 8.09. The molecule has 0 aromatic heterocycles. The van der Waals surface area contributed by atoms with Gasteiger partial charge in [0, 0.05) is 26.5 Å². The zero-order chi connectivity index (χ0) is 10.3. The molecule has 4 nitrogen and oxygen atoms in total. The second-order valence-corrected chi connectivity index (χ2v) is 5.28. The monoisotopic (exact) mass is 228 g/mol. The summed E-state index contributed by atoms with van der Waals surface area (Å²) in [5, 5.41) is 0. The van der Waals surface area contributed by atoms with Crippen molar-refractivity contribution in [2.24, 2.45) is 0 Å². The van der Waals surface area contributed by atoms with Gasteiger partial charge in [0.15, 0.2) is 0 Å². The molecule has 0 saturated carbocycles. The number of halogens is 1. The minimum Gasteiger partial charge on any atom is -0.202 e. The summed E-state index contributed by atoms with van der Waals surface area (Å²) < 4.78 is 25.9. The highest BCUT2D eigenvalue weighted by molar-refractivity contribution is 7.87. The molecule has 6 heteroatoms. The van der Waals surface area contributed by atoms with Crippen molar-refractivity contribution in [3.8, 4) is 0 Å². The Balaban J connectivity index is 3.53. The molecule has 1 N–H and O–H groups in total. The molecule has 0 fully saturated rings. The highest BCUT2D eigenvalue weighted by Crippen LogP contribution is 1.97. The van der Waals surface area contributed by atoms with E-state index >= 15 is 0 Å². The normalized spacial score (nSPS) is 12.3. The minimum absolute atomic E-state index is 0.484. The van der Waals surface area contributed by atoms with Gasteiger partial charge >= 0.3 is 0 Å². The molecule has 0 saturated heterocycles. The van der Waals surface area contributed by atoms with Gasteiger partial charge in [0.05, 0.1) is 0 Å². The van der Waals surface area contributed by atoms with Crippen LogP contribution in [-0.2, 0) is 10.2 Å². The Hall–Kier alpha value is 0.160. The molecule has 13 heavy (non-hydrogen) atoms. The molecule has 0 aromatic rings. The molecule has 80 valence electrons. The number of hydrogen-bond acceptors (Lipinski definition) is 2. The Kier molecular flexibility index (Phi) is 6.67. The summed E-state index contributed by atoms with van der Waals surface area (Å²) in [7, 11) is -0.233. The van der Waals surface area contributed by atoms with Crippen LogP contribution < -0.4 is 4.72 Å². The van der Waals surface area contributed by atoms with Crippen molar-refractivity contribution in [1.82, 2.24) is 9.03 Å². The van der Waals surface area contributed by atoms with Crippen LogP contribution in [-0.4, -0.2) is 39.2 Å². The molecule has 0 rings (SSSR count). The van der Waals surface area contributed by atoms with Crippen molar-refractivity contribution in [3.63, 3.8) is 0 Å². The van der Waals surface area contributed by atoms with Gasteiger partial charge in [-0.05, 0) is 12.8 Å². The second kappa shape index (κ2) is 6.59. The van der Waals surface area contributed by atoms with Gasteiger partial charge < -0.3 is 0 Å². The molecule has 0 aliphatic heterocycles. The molecule has 0 bridgehead atoms. The van der Waals surface area contributed by atoms with Gasteiger partial charge in [0.25, 0.3) is 10.2 Å². The largest absolute Gasteiger partial charge is 0.278 e. The van der Waals surface area contributed by atoms with Crippen LogP contribution in [0.25, 0.3) is 0 Å². The Morgan fingerprint density at radius 1 is 1.23 bits per heavy atom. The van der Waals surface area contributed by atoms with Gasteiger partial charge in [-0.1, -0.05) is 6.42 Å². The molecule has 0 heterocycles. The summed E-state index contributed by atoms with van der Waals surface area (Å²) in [4.78, 5) is 0. The third-order valence-electron chi connectivity index (χ3n) is 1.58. The predicted molar refractivity (Wildman–Crippen MR) is 55.2 cm³/mol. The van der Waals surface area contributed by atoms with Gasteiger partial charge in [-0.2, -0.15) is 12.7 Å². The van der Waals surface area contributed by atoms with Crippen LogP contribution in [0, 0.1) is 0 Å². The van der Waals surface area contributed by atoms with E-state index in [1.807, 2.05) is 0 Å². The quantitative estimate of drug-likeness (QED) is 0.518. The lowest BCUT2D eigenvalue weighted by atomic mass is 10.2. The highest BCUT2D eigenvalue weighted by atomic mass is 35.5. The van der Waals surface area contributed by atoms with E-state index < -0.39 is 10.2 Å². The molecule has 0 atom stereocenters. The molecule has 0 aliphatic rings. The fourth-order valence-electron chi connectivity index (χ4n) is 0.727. The average Bonchev–Trinajstić information content (AvgIpc) is 2.03. The maximum absolute atomic E-state index is 11.2. The average molecular weight is 229 g/mol. The maximum atomic E-state index is 11.2. The van der Waals surface area contributed by atoms with Crippen LogP contribution >= 0.6 is 11.6 Å². The van der Waals surface area contributed by atoms with E-state index in [-0.39, 0.29) is 0 Å². The van der Waals surface area contributed by atoms with Gasteiger partial charge in [-0.25, -0.2) is 4.72 Å². The molecular formula is C7H17ClN2O2S. The number of rotatable bonds is 7. The topological polar surface area (TPSA) is 49.4 Å². The second-order valence-electron chi connectivity index (χ2n) is 2.93. The minimum atomic E-state index is -3.24. The number of alkyl halides is 1. The molecule has 0 spiro atoms. The number of hydrogen-bond donors (Lipinski definition) is 1. The lowest BCUT2D eigenvalue weighted by molar-refractivity contribution is 0.503. The summed E-state index contributed by atoms with van der Waals surface area (Å²) in [6, 6.07) is 0. The zero-order valence-corrected chi connectivity index (χ0v) is 9.66. The Labute approximate surface area is 85.4 Å². The van der Waals surface area contributed by atoms with E-state index in [0.29, 0.717) is 12.4 Å². The third-order valence-corrected chi connectivity index (χ3v) is 3.37. The highest BCUT2D eigenvalue weighted by Gasteiger charge is 2.10. The number of unbranched alkanes of at least 4 members (excludes halogenated alkanes) is 2. The summed E-state index contributed by atoms with van der Waals surface area (Å²) >= 11 is 5.47. The molecule has 0 radical (unpaired) electrons. The summed E-state index contributed by atoms with van der Waals surface area (Å²) in [6.45, 7) is 0.484. The maximum Gasteiger partial charge on any atom is 0.278 e. The van der Waals surface area contributed by atoms with Gasteiger partial charge in [0.2, 0.25) is 0 Å². The fourth-order valence-corrected chi connectivity index (χ4v) is 1.58. The molecule has 0 aliphatic carbocycles. The van der Waals surface area contributed by atoms with Crippen LogP contribution in [0.5, 0.6) is 0 Å². The van der Waals surface area contributed by atoms with Crippen LogP contribution in [0.2, 0.25) is 0 Å². The molecule has 0 unspecified atom stereocenters. The van der Waals surface area contributed by atoms with Crippen molar-refractivity contribution in [1.29, 1.82) is 0 Å². The van der Waals surface area contributed by atoms with E-state index in [9.17, 15) is 8.42 Å². The first-order valence-corrected chi connectivity index (χ1v) is 6.21. The van der Waals surface area contributed by atoms with Crippen LogP contribution in [0.4, 0.5) is 0 Å². The van der Waals surface area contributed by atoms with Crippen molar-refractivity contribution < 1.29 is 8.42 Å². The fraction of sp³-hybridized carbons (Fsp3) is 1.00. The van der Waals surface area contributed by atoms with E-state index in [1.54, 1.807) is 0 Å². The number of nitrogens with zero attached hydrogens (tertiary/aromatic N) is 1. The van der Waals surface area contributed by atoms with E-state index in [4.69, 9.17) is 11.6 Å². The summed E-state index contributed by atoms with van der Waals surface area (Å²) in [5.74, 6) is 0.639. The van der Waals surface area contributed by atoms with E-state index in [2.05, 4.69) is 4.72 Å². The first kappa shape index (κ1) is 13.2. The number of nitrogens with one attached hydrogen (secondary N) is 1. The van der Waals surface area contributed by atoms with Crippen molar-refractivity contribution in [2.75, 3.05) is 26.5 Å². The first-order valence-electron chi connectivity index (χ1n) is 4.24. The standard InChI is InChI=1S/C7H17ClN2O2S/c1-10(2)13(11,12)9-7-5-3-4-6-8/h9H,3-7H2,1-2H3. The van der Waals surface area contributed by atoms with Gasteiger partial charge in [-0.15, -0.1) is 11.6 Å². The smallest absolute Gasteiger partial charge is 0.202 e. The molecule has 0 aromatic carbocycles. The Bertz CT molecular complexity index is 217. The predicted octanol–water partition coefficient (Wildman–Crippen LogP) is 0.791. The Morgan fingerprint density at radius 3 is 2.31 bits per heavy atom. The van der Waals surface area contributed by atoms with Crippen LogP contribution in [0.3, 0.4) is 0 Å². The van der Waals surface area contributed by atoms with E-state index in [1.165, 1.54) is 14.1 Å². The van der Waals surface area contributed by atoms with Crippen LogP contribution in [0.1, 0.15) is 19.3 Å². The lowest BCUT2D eigenvalue weighted by Gasteiger charge is -2.11. The van der Waals surface area contributed by atoms with Crippen LogP contribution in [0.15, 0.2) is 0 Å². The Morgan fingerprint density at radius 2 is 1.85 bits per heavy atom. The van der Waals surface area contributed by atoms with Gasteiger partial charge in [-0.3, -0.25) is 0 Å². The van der Waals surface area contributed by atoms with E-state index in [0.717, 1.165) is 23.6 Å².